The van der Waals surface area contributed by atoms with Gasteiger partial charge in [0.15, 0.2) is 0 Å². The molecule has 18 heavy (non-hydrogen) atoms. The number of hydrogen-bond acceptors (Lipinski definition) is 2. The standard InChI is InChI=1S/C14H20ClNO2/c1-3-18-13-8-6-12(7-9-13)11(2)16-14(17)5-4-10-15/h6-9,11H,3-5,10H2,1-2H3,(H,16,17). The van der Waals surface area contributed by atoms with Crippen molar-refractivity contribution in [2.24, 2.45) is 0 Å². The van der Waals surface area contributed by atoms with Crippen LogP contribution in [-0.4, -0.2) is 18.4 Å². The second kappa shape index (κ2) is 7.98. The molecule has 1 N–H and O–H groups in total. The first-order valence-electron chi connectivity index (χ1n) is 6.25. The number of benzene rings is 1. The molecule has 1 aromatic carbocycles. The number of amides is 1. The number of rotatable bonds is 7. The van der Waals surface area contributed by atoms with Gasteiger partial charge in [-0.15, -0.1) is 11.6 Å². The van der Waals surface area contributed by atoms with Crippen molar-refractivity contribution in [1.29, 1.82) is 0 Å². The quantitative estimate of drug-likeness (QED) is 0.772. The van der Waals surface area contributed by atoms with Crippen molar-refractivity contribution in [3.63, 3.8) is 0 Å². The summed E-state index contributed by atoms with van der Waals surface area (Å²) in [5.74, 6) is 1.41. The fourth-order valence-corrected chi connectivity index (χ4v) is 1.78. The van der Waals surface area contributed by atoms with Gasteiger partial charge in [-0.2, -0.15) is 0 Å². The highest BCUT2D eigenvalue weighted by atomic mass is 35.5. The molecule has 0 saturated heterocycles. The number of hydrogen-bond donors (Lipinski definition) is 1. The molecule has 0 aliphatic heterocycles. The monoisotopic (exact) mass is 269 g/mol. The van der Waals surface area contributed by atoms with E-state index in [1.165, 1.54) is 0 Å². The molecule has 0 aliphatic rings. The minimum atomic E-state index is 0.00324. The van der Waals surface area contributed by atoms with Gasteiger partial charge in [-0.1, -0.05) is 12.1 Å². The van der Waals surface area contributed by atoms with E-state index < -0.39 is 0 Å². The minimum Gasteiger partial charge on any atom is -0.494 e. The van der Waals surface area contributed by atoms with E-state index in [-0.39, 0.29) is 11.9 Å². The van der Waals surface area contributed by atoms with Gasteiger partial charge in [-0.3, -0.25) is 4.79 Å². The van der Waals surface area contributed by atoms with E-state index in [2.05, 4.69) is 5.32 Å². The van der Waals surface area contributed by atoms with Crippen molar-refractivity contribution in [3.05, 3.63) is 29.8 Å². The van der Waals surface area contributed by atoms with Crippen molar-refractivity contribution in [3.8, 4) is 5.75 Å². The summed E-state index contributed by atoms with van der Waals surface area (Å²) in [4.78, 5) is 11.6. The van der Waals surface area contributed by atoms with Crippen LogP contribution in [0.3, 0.4) is 0 Å². The molecule has 4 heteroatoms. The first-order valence-corrected chi connectivity index (χ1v) is 6.79. The van der Waals surface area contributed by atoms with E-state index in [0.29, 0.717) is 25.3 Å². The molecule has 100 valence electrons. The normalized spacial score (nSPS) is 11.9. The van der Waals surface area contributed by atoms with E-state index in [9.17, 15) is 4.79 Å². The average molecular weight is 270 g/mol. The smallest absolute Gasteiger partial charge is 0.220 e. The van der Waals surface area contributed by atoms with E-state index in [4.69, 9.17) is 16.3 Å². The molecular formula is C14H20ClNO2. The Hall–Kier alpha value is -1.22. The van der Waals surface area contributed by atoms with Crippen LogP contribution in [-0.2, 0) is 4.79 Å². The number of carbonyl (C=O) groups excluding carboxylic acids is 1. The van der Waals surface area contributed by atoms with Gasteiger partial charge in [0.25, 0.3) is 0 Å². The third-order valence-electron chi connectivity index (χ3n) is 2.61. The summed E-state index contributed by atoms with van der Waals surface area (Å²) in [6.07, 6.45) is 1.19. The summed E-state index contributed by atoms with van der Waals surface area (Å²) < 4.78 is 5.37. The second-order valence-corrected chi connectivity index (χ2v) is 4.46. The Morgan fingerprint density at radius 1 is 1.39 bits per heavy atom. The van der Waals surface area contributed by atoms with Gasteiger partial charge >= 0.3 is 0 Å². The van der Waals surface area contributed by atoms with Gasteiger partial charge < -0.3 is 10.1 Å². The summed E-state index contributed by atoms with van der Waals surface area (Å²) in [5.41, 5.74) is 1.07. The lowest BCUT2D eigenvalue weighted by Gasteiger charge is -2.14. The van der Waals surface area contributed by atoms with Crippen LogP contribution >= 0.6 is 11.6 Å². The third-order valence-corrected chi connectivity index (χ3v) is 2.87. The minimum absolute atomic E-state index is 0.00324. The van der Waals surface area contributed by atoms with Crippen molar-refractivity contribution >= 4 is 17.5 Å². The van der Waals surface area contributed by atoms with E-state index in [1.807, 2.05) is 38.1 Å². The highest BCUT2D eigenvalue weighted by Crippen LogP contribution is 2.17. The maximum atomic E-state index is 11.6. The lowest BCUT2D eigenvalue weighted by Crippen LogP contribution is -2.26. The number of alkyl halides is 1. The van der Waals surface area contributed by atoms with Gasteiger partial charge in [0.1, 0.15) is 5.75 Å². The zero-order valence-electron chi connectivity index (χ0n) is 10.9. The van der Waals surface area contributed by atoms with Gasteiger partial charge in [0.05, 0.1) is 12.6 Å². The first kappa shape index (κ1) is 14.8. The van der Waals surface area contributed by atoms with Crippen LogP contribution in [0.25, 0.3) is 0 Å². The molecule has 0 bridgehead atoms. The molecule has 0 fully saturated rings. The van der Waals surface area contributed by atoms with Gasteiger partial charge in [0.2, 0.25) is 5.91 Å². The van der Waals surface area contributed by atoms with Crippen LogP contribution in [0.15, 0.2) is 24.3 Å². The molecule has 0 aromatic heterocycles. The predicted octanol–water partition coefficient (Wildman–Crippen LogP) is 3.28. The van der Waals surface area contributed by atoms with Crippen LogP contribution in [0.4, 0.5) is 0 Å². The maximum absolute atomic E-state index is 11.6. The van der Waals surface area contributed by atoms with Gasteiger partial charge in [-0.25, -0.2) is 0 Å². The third kappa shape index (κ3) is 4.96. The fraction of sp³-hybridized carbons (Fsp3) is 0.500. The number of halogens is 1. The average Bonchev–Trinajstić information content (AvgIpc) is 2.37. The lowest BCUT2D eigenvalue weighted by atomic mass is 10.1. The number of carbonyl (C=O) groups is 1. The van der Waals surface area contributed by atoms with E-state index in [1.54, 1.807) is 0 Å². The summed E-state index contributed by atoms with van der Waals surface area (Å²) in [6.45, 7) is 4.58. The molecular weight excluding hydrogens is 250 g/mol. The first-order chi connectivity index (χ1) is 8.67. The molecule has 0 spiro atoms. The summed E-state index contributed by atoms with van der Waals surface area (Å²) in [5, 5.41) is 2.94. The van der Waals surface area contributed by atoms with Crippen molar-refractivity contribution in [2.75, 3.05) is 12.5 Å². The number of nitrogens with one attached hydrogen (secondary N) is 1. The molecule has 1 atom stereocenters. The Kier molecular flexibility index (Phi) is 6.58. The van der Waals surface area contributed by atoms with Crippen molar-refractivity contribution < 1.29 is 9.53 Å². The van der Waals surface area contributed by atoms with E-state index in [0.717, 1.165) is 11.3 Å². The molecule has 0 radical (unpaired) electrons. The predicted molar refractivity (Wildman–Crippen MR) is 74.1 cm³/mol. The molecule has 1 amide bonds. The largest absolute Gasteiger partial charge is 0.494 e. The van der Waals surface area contributed by atoms with Crippen LogP contribution in [0, 0.1) is 0 Å². The maximum Gasteiger partial charge on any atom is 0.220 e. The van der Waals surface area contributed by atoms with Crippen LogP contribution < -0.4 is 10.1 Å². The molecule has 0 saturated carbocycles. The Bertz CT molecular complexity index is 365. The van der Waals surface area contributed by atoms with E-state index >= 15 is 0 Å². The molecule has 1 rings (SSSR count). The summed E-state index contributed by atoms with van der Waals surface area (Å²) in [6, 6.07) is 7.78. The SMILES string of the molecule is CCOc1ccc(C(C)NC(=O)CCCCl)cc1. The summed E-state index contributed by atoms with van der Waals surface area (Å²) in [7, 11) is 0. The zero-order chi connectivity index (χ0) is 13.4. The molecule has 1 unspecified atom stereocenters. The number of ether oxygens (including phenoxy) is 1. The fourth-order valence-electron chi connectivity index (χ4n) is 1.64. The Morgan fingerprint density at radius 2 is 2.06 bits per heavy atom. The molecule has 0 heterocycles. The molecule has 3 nitrogen and oxygen atoms in total. The van der Waals surface area contributed by atoms with Gasteiger partial charge in [0, 0.05) is 12.3 Å². The van der Waals surface area contributed by atoms with Crippen LogP contribution in [0.2, 0.25) is 0 Å². The van der Waals surface area contributed by atoms with Crippen molar-refractivity contribution in [2.45, 2.75) is 32.7 Å². The highest BCUT2D eigenvalue weighted by molar-refractivity contribution is 6.17. The molecule has 0 aliphatic carbocycles. The highest BCUT2D eigenvalue weighted by Gasteiger charge is 2.09. The topological polar surface area (TPSA) is 38.3 Å². The Labute approximate surface area is 113 Å². The van der Waals surface area contributed by atoms with Crippen LogP contribution in [0.5, 0.6) is 5.75 Å². The summed E-state index contributed by atoms with van der Waals surface area (Å²) >= 11 is 5.55. The second-order valence-electron chi connectivity index (χ2n) is 4.08. The zero-order valence-corrected chi connectivity index (χ0v) is 11.7. The molecule has 1 aromatic rings. The van der Waals surface area contributed by atoms with Crippen molar-refractivity contribution in [1.82, 2.24) is 5.32 Å². The van der Waals surface area contributed by atoms with Gasteiger partial charge in [-0.05, 0) is 38.0 Å². The lowest BCUT2D eigenvalue weighted by molar-refractivity contribution is -0.121. The Morgan fingerprint density at radius 3 is 2.61 bits per heavy atom. The van der Waals surface area contributed by atoms with Crippen LogP contribution in [0.1, 0.15) is 38.3 Å². The Balaban J connectivity index is 2.50.